The van der Waals surface area contributed by atoms with Crippen molar-refractivity contribution in [3.8, 4) is 0 Å². The van der Waals surface area contributed by atoms with Crippen molar-refractivity contribution in [2.24, 2.45) is 0 Å². The first-order valence-electron chi connectivity index (χ1n) is 8.01. The molecule has 1 saturated heterocycles. The number of hydrogen-bond acceptors (Lipinski definition) is 4. The summed E-state index contributed by atoms with van der Waals surface area (Å²) in [5.74, 6) is 1.29. The lowest BCUT2D eigenvalue weighted by Crippen LogP contribution is -2.36. The zero-order valence-corrected chi connectivity index (χ0v) is 14.0. The fourth-order valence-electron chi connectivity index (χ4n) is 2.55. The van der Waals surface area contributed by atoms with Crippen LogP contribution in [0.15, 0.2) is 24.3 Å². The summed E-state index contributed by atoms with van der Waals surface area (Å²) in [5.41, 5.74) is 2.69. The van der Waals surface area contributed by atoms with Gasteiger partial charge in [0, 0.05) is 25.3 Å². The lowest BCUT2D eigenvalue weighted by atomic mass is 10.2. The molecule has 118 valence electrons. The Morgan fingerprint density at radius 3 is 2.57 bits per heavy atom. The van der Waals surface area contributed by atoms with Crippen molar-refractivity contribution in [1.29, 1.82) is 0 Å². The second-order valence-corrected chi connectivity index (χ2v) is 6.48. The van der Waals surface area contributed by atoms with Crippen molar-refractivity contribution in [3.63, 3.8) is 0 Å². The predicted molar refractivity (Wildman–Crippen MR) is 93.4 cm³/mol. The first kappa shape index (κ1) is 16.7. The molecule has 0 aliphatic carbocycles. The highest BCUT2D eigenvalue weighted by Gasteiger charge is 2.10. The molecular weight excluding hydrogens is 280 g/mol. The summed E-state index contributed by atoms with van der Waals surface area (Å²) in [6.45, 7) is 5.81. The average Bonchev–Trinajstić information content (AvgIpc) is 2.55. The van der Waals surface area contributed by atoms with E-state index in [1.807, 2.05) is 11.8 Å². The quantitative estimate of drug-likeness (QED) is 0.708. The van der Waals surface area contributed by atoms with E-state index in [-0.39, 0.29) is 0 Å². The summed E-state index contributed by atoms with van der Waals surface area (Å²) in [6, 6.07) is 8.96. The van der Waals surface area contributed by atoms with E-state index in [0.29, 0.717) is 0 Å². The maximum absolute atomic E-state index is 5.39. The number of benzene rings is 1. The van der Waals surface area contributed by atoms with Crippen molar-refractivity contribution in [3.05, 3.63) is 29.8 Å². The van der Waals surface area contributed by atoms with Crippen LogP contribution in [0.4, 0.5) is 5.69 Å². The van der Waals surface area contributed by atoms with Gasteiger partial charge in [-0.15, -0.1) is 0 Å². The zero-order valence-electron chi connectivity index (χ0n) is 13.1. The highest BCUT2D eigenvalue weighted by Crippen LogP contribution is 2.16. The SMILES string of the molecule is CSCCCCCNCc1ccc(N2CCOCC2)cc1. The molecule has 0 radical (unpaired) electrons. The summed E-state index contributed by atoms with van der Waals surface area (Å²) in [6.07, 6.45) is 6.14. The highest BCUT2D eigenvalue weighted by atomic mass is 32.2. The largest absolute Gasteiger partial charge is 0.378 e. The number of nitrogens with one attached hydrogen (secondary N) is 1. The Morgan fingerprint density at radius 2 is 1.86 bits per heavy atom. The molecule has 2 rings (SSSR count). The van der Waals surface area contributed by atoms with Gasteiger partial charge in [-0.3, -0.25) is 0 Å². The maximum Gasteiger partial charge on any atom is 0.0642 e. The summed E-state index contributed by atoms with van der Waals surface area (Å²) in [7, 11) is 0. The second kappa shape index (κ2) is 10.1. The van der Waals surface area contributed by atoms with Gasteiger partial charge in [0.1, 0.15) is 0 Å². The Morgan fingerprint density at radius 1 is 1.10 bits per heavy atom. The number of unbranched alkanes of at least 4 members (excludes halogenated alkanes) is 2. The van der Waals surface area contributed by atoms with Crippen LogP contribution in [0.5, 0.6) is 0 Å². The van der Waals surface area contributed by atoms with E-state index in [1.54, 1.807) is 0 Å². The van der Waals surface area contributed by atoms with Gasteiger partial charge in [0.2, 0.25) is 0 Å². The van der Waals surface area contributed by atoms with Gasteiger partial charge in [-0.2, -0.15) is 11.8 Å². The van der Waals surface area contributed by atoms with E-state index in [0.717, 1.165) is 39.4 Å². The molecule has 1 fully saturated rings. The van der Waals surface area contributed by atoms with E-state index in [4.69, 9.17) is 4.74 Å². The fraction of sp³-hybridized carbons (Fsp3) is 0.647. The topological polar surface area (TPSA) is 24.5 Å². The smallest absolute Gasteiger partial charge is 0.0642 e. The third-order valence-corrected chi connectivity index (χ3v) is 4.54. The molecular formula is C17H28N2OS. The molecule has 0 amide bonds. The lowest BCUT2D eigenvalue weighted by Gasteiger charge is -2.28. The van der Waals surface area contributed by atoms with Crippen LogP contribution in [0.2, 0.25) is 0 Å². The zero-order chi connectivity index (χ0) is 14.8. The minimum atomic E-state index is 0.847. The summed E-state index contributed by atoms with van der Waals surface area (Å²) in [4.78, 5) is 2.40. The van der Waals surface area contributed by atoms with Crippen molar-refractivity contribution in [1.82, 2.24) is 5.32 Å². The predicted octanol–water partition coefficient (Wildman–Crippen LogP) is 3.15. The first-order valence-corrected chi connectivity index (χ1v) is 9.41. The second-order valence-electron chi connectivity index (χ2n) is 5.50. The lowest BCUT2D eigenvalue weighted by molar-refractivity contribution is 0.122. The number of anilines is 1. The molecule has 0 saturated carbocycles. The Hall–Kier alpha value is -0.710. The molecule has 1 aromatic rings. The molecule has 3 nitrogen and oxygen atoms in total. The Labute approximate surface area is 133 Å². The average molecular weight is 308 g/mol. The van der Waals surface area contributed by atoms with Gasteiger partial charge in [0.05, 0.1) is 13.2 Å². The van der Waals surface area contributed by atoms with Gasteiger partial charge in [-0.25, -0.2) is 0 Å². The van der Waals surface area contributed by atoms with Crippen molar-refractivity contribution in [2.75, 3.05) is 49.8 Å². The van der Waals surface area contributed by atoms with Crippen molar-refractivity contribution < 1.29 is 4.74 Å². The van der Waals surface area contributed by atoms with Crippen molar-refractivity contribution >= 4 is 17.4 Å². The van der Waals surface area contributed by atoms with Gasteiger partial charge >= 0.3 is 0 Å². The van der Waals surface area contributed by atoms with E-state index < -0.39 is 0 Å². The molecule has 0 atom stereocenters. The van der Waals surface area contributed by atoms with Crippen molar-refractivity contribution in [2.45, 2.75) is 25.8 Å². The van der Waals surface area contributed by atoms with E-state index >= 15 is 0 Å². The van der Waals surface area contributed by atoms with Crippen LogP contribution in [-0.4, -0.2) is 44.9 Å². The molecule has 4 heteroatoms. The Bertz CT molecular complexity index is 377. The van der Waals surface area contributed by atoms with Gasteiger partial charge in [-0.1, -0.05) is 18.6 Å². The van der Waals surface area contributed by atoms with Gasteiger partial charge < -0.3 is 15.0 Å². The van der Waals surface area contributed by atoms with Crippen LogP contribution < -0.4 is 10.2 Å². The van der Waals surface area contributed by atoms with Gasteiger partial charge in [0.15, 0.2) is 0 Å². The minimum absolute atomic E-state index is 0.847. The third-order valence-electron chi connectivity index (χ3n) is 3.84. The van der Waals surface area contributed by atoms with Crippen LogP contribution >= 0.6 is 11.8 Å². The number of rotatable bonds is 9. The van der Waals surface area contributed by atoms with E-state index in [2.05, 4.69) is 40.7 Å². The number of hydrogen-bond donors (Lipinski definition) is 1. The molecule has 1 aliphatic heterocycles. The van der Waals surface area contributed by atoms with Gasteiger partial charge in [0.25, 0.3) is 0 Å². The monoisotopic (exact) mass is 308 g/mol. The molecule has 1 aromatic carbocycles. The van der Waals surface area contributed by atoms with Crippen LogP contribution in [0, 0.1) is 0 Å². The normalized spacial score (nSPS) is 15.4. The molecule has 0 spiro atoms. The molecule has 1 aliphatic rings. The van der Waals surface area contributed by atoms with E-state index in [1.165, 1.54) is 36.3 Å². The fourth-order valence-corrected chi connectivity index (χ4v) is 3.04. The van der Waals surface area contributed by atoms with Crippen LogP contribution in [-0.2, 0) is 11.3 Å². The van der Waals surface area contributed by atoms with Crippen LogP contribution in [0.25, 0.3) is 0 Å². The first-order chi connectivity index (χ1) is 10.4. The standard InChI is InChI=1S/C17H28N2OS/c1-21-14-4-2-3-9-18-15-16-5-7-17(8-6-16)19-10-12-20-13-11-19/h5-8,18H,2-4,9-15H2,1H3. The number of ether oxygens (including phenoxy) is 1. The molecule has 1 heterocycles. The molecule has 1 N–H and O–H groups in total. The minimum Gasteiger partial charge on any atom is -0.378 e. The summed E-state index contributed by atoms with van der Waals surface area (Å²) >= 11 is 1.94. The van der Waals surface area contributed by atoms with Gasteiger partial charge in [-0.05, 0) is 49.1 Å². The maximum atomic E-state index is 5.39. The summed E-state index contributed by atoms with van der Waals surface area (Å²) < 4.78 is 5.39. The molecule has 0 bridgehead atoms. The Kier molecular flexibility index (Phi) is 8.00. The highest BCUT2D eigenvalue weighted by molar-refractivity contribution is 7.98. The van der Waals surface area contributed by atoms with E-state index in [9.17, 15) is 0 Å². The number of thioether (sulfide) groups is 1. The number of nitrogens with zero attached hydrogens (tertiary/aromatic N) is 1. The van der Waals surface area contributed by atoms with Crippen LogP contribution in [0.1, 0.15) is 24.8 Å². The molecule has 0 aromatic heterocycles. The number of morpholine rings is 1. The molecule has 0 unspecified atom stereocenters. The summed E-state index contributed by atoms with van der Waals surface area (Å²) in [5, 5.41) is 3.54. The van der Waals surface area contributed by atoms with Crippen LogP contribution in [0.3, 0.4) is 0 Å². The Balaban J connectivity index is 1.63. The molecule has 21 heavy (non-hydrogen) atoms. The third kappa shape index (κ3) is 6.29.